The summed E-state index contributed by atoms with van der Waals surface area (Å²) in [5, 5.41) is 5.46. The van der Waals surface area contributed by atoms with Gasteiger partial charge in [0.05, 0.1) is 11.9 Å². The Morgan fingerprint density at radius 3 is 2.63 bits per heavy atom. The highest BCUT2D eigenvalue weighted by Crippen LogP contribution is 2.32. The van der Waals surface area contributed by atoms with E-state index in [-0.39, 0.29) is 7.92 Å². The summed E-state index contributed by atoms with van der Waals surface area (Å²) in [5.74, 6) is 0. The molecular formula is C19H19F3N3OP. The first-order valence-electron chi connectivity index (χ1n) is 8.17. The Labute approximate surface area is 156 Å². The number of hydrogen-bond acceptors (Lipinski definition) is 3. The molecule has 4 nitrogen and oxygen atoms in total. The zero-order valence-corrected chi connectivity index (χ0v) is 15.9. The second-order valence-corrected chi connectivity index (χ2v) is 8.48. The quantitative estimate of drug-likeness (QED) is 0.440. The van der Waals surface area contributed by atoms with Gasteiger partial charge in [-0.25, -0.2) is 4.98 Å². The molecule has 0 saturated carbocycles. The maximum atomic E-state index is 12.2. The maximum Gasteiger partial charge on any atom is 0.572 e. The number of anilines is 2. The average molecular weight is 393 g/mol. The van der Waals surface area contributed by atoms with Crippen LogP contribution in [-0.4, -0.2) is 29.7 Å². The van der Waals surface area contributed by atoms with Crippen LogP contribution in [0.4, 0.5) is 24.5 Å². The van der Waals surface area contributed by atoms with Crippen LogP contribution < -0.4 is 10.6 Å². The number of allylic oxidation sites excluding steroid dienone is 1. The topological polar surface area (TPSA) is 49.9 Å². The fourth-order valence-electron chi connectivity index (χ4n) is 2.68. The Bertz CT molecular complexity index is 980. The Balaban J connectivity index is 1.96. The third-order valence-corrected chi connectivity index (χ3v) is 5.33. The van der Waals surface area contributed by atoms with E-state index in [1.165, 1.54) is 5.30 Å². The van der Waals surface area contributed by atoms with Crippen molar-refractivity contribution in [3.63, 3.8) is 0 Å². The molecular weight excluding hydrogens is 374 g/mol. The summed E-state index contributed by atoms with van der Waals surface area (Å²) in [5.41, 5.74) is 3.26. The van der Waals surface area contributed by atoms with Gasteiger partial charge in [0.1, 0.15) is 5.65 Å². The van der Waals surface area contributed by atoms with Crippen molar-refractivity contribution in [3.8, 4) is 0 Å². The molecule has 142 valence electrons. The minimum atomic E-state index is -4.71. The lowest BCUT2D eigenvalue weighted by Crippen LogP contribution is -2.08. The predicted molar refractivity (Wildman–Crippen MR) is 105 cm³/mol. The van der Waals surface area contributed by atoms with Gasteiger partial charge < -0.3 is 15.0 Å². The fourth-order valence-corrected chi connectivity index (χ4v) is 3.68. The first-order valence-corrected chi connectivity index (χ1v) is 10.4. The van der Waals surface area contributed by atoms with Crippen molar-refractivity contribution in [3.05, 3.63) is 54.6 Å². The molecule has 0 fully saturated rings. The molecule has 0 radical (unpaired) electrons. The number of nitrogens with one attached hydrogen (secondary N) is 2. The number of aromatic amines is 1. The number of H-pyrrole nitrogens is 1. The number of halogens is 3. The van der Waals surface area contributed by atoms with E-state index < -0.39 is 6.36 Å². The molecule has 27 heavy (non-hydrogen) atoms. The van der Waals surface area contributed by atoms with Crippen LogP contribution in [0.2, 0.25) is 0 Å². The normalized spacial score (nSPS) is 12.6. The molecule has 0 atom stereocenters. The number of rotatable bonds is 5. The lowest BCUT2D eigenvalue weighted by atomic mass is 10.2. The third kappa shape index (κ3) is 4.61. The molecule has 0 aliphatic rings. The van der Waals surface area contributed by atoms with Crippen LogP contribution in [-0.2, 0) is 4.74 Å². The Morgan fingerprint density at radius 1 is 1.19 bits per heavy atom. The number of benzene rings is 1. The lowest BCUT2D eigenvalue weighted by Gasteiger charge is -2.15. The largest absolute Gasteiger partial charge is 0.572 e. The molecule has 0 unspecified atom stereocenters. The number of para-hydroxylation sites is 1. The van der Waals surface area contributed by atoms with Crippen molar-refractivity contribution in [1.82, 2.24) is 9.97 Å². The minimum absolute atomic E-state index is 0.295. The van der Waals surface area contributed by atoms with E-state index in [4.69, 9.17) is 0 Å². The SMILES string of the molecule is C/C(=C/OC(F)(F)F)c1cc2c(Nc3ccccc3P(C)C)ccnc2[nH]1. The van der Waals surface area contributed by atoms with E-state index in [1.54, 1.807) is 19.2 Å². The highest BCUT2D eigenvalue weighted by atomic mass is 31.1. The Hall–Kier alpha value is -2.53. The van der Waals surface area contributed by atoms with Gasteiger partial charge in [-0.1, -0.05) is 26.1 Å². The summed E-state index contributed by atoms with van der Waals surface area (Å²) in [6.07, 6.45) is -2.37. The molecule has 2 N–H and O–H groups in total. The van der Waals surface area contributed by atoms with Crippen LogP contribution in [0.1, 0.15) is 12.6 Å². The molecule has 0 amide bonds. The highest BCUT2D eigenvalue weighted by molar-refractivity contribution is 7.64. The molecule has 0 aliphatic carbocycles. The summed E-state index contributed by atoms with van der Waals surface area (Å²) in [4.78, 5) is 7.30. The molecule has 3 aromatic rings. The zero-order chi connectivity index (χ0) is 19.6. The fraction of sp³-hybridized carbons (Fsp3) is 0.211. The first-order chi connectivity index (χ1) is 12.7. The Kier molecular flexibility index (Phi) is 5.42. The molecule has 3 rings (SSSR count). The maximum absolute atomic E-state index is 12.2. The molecule has 1 aromatic carbocycles. The van der Waals surface area contributed by atoms with Gasteiger partial charge in [0.15, 0.2) is 0 Å². The van der Waals surface area contributed by atoms with Crippen molar-refractivity contribution >= 4 is 41.2 Å². The first kappa shape index (κ1) is 19.2. The number of aromatic nitrogens is 2. The van der Waals surface area contributed by atoms with E-state index in [0.29, 0.717) is 23.2 Å². The van der Waals surface area contributed by atoms with Gasteiger partial charge in [-0.2, -0.15) is 0 Å². The molecule has 2 heterocycles. The summed E-state index contributed by atoms with van der Waals surface area (Å²) in [6, 6.07) is 11.7. The van der Waals surface area contributed by atoms with Crippen LogP contribution in [0.3, 0.4) is 0 Å². The van der Waals surface area contributed by atoms with E-state index >= 15 is 0 Å². The lowest BCUT2D eigenvalue weighted by molar-refractivity contribution is -0.297. The smallest absolute Gasteiger partial charge is 0.413 e. The van der Waals surface area contributed by atoms with Crippen LogP contribution in [0, 0.1) is 0 Å². The number of alkyl halides is 3. The summed E-state index contributed by atoms with van der Waals surface area (Å²) in [6.45, 7) is 5.91. The number of nitrogens with zero attached hydrogens (tertiary/aromatic N) is 1. The van der Waals surface area contributed by atoms with Crippen molar-refractivity contribution in [2.75, 3.05) is 18.6 Å². The highest BCUT2D eigenvalue weighted by Gasteiger charge is 2.29. The number of fused-ring (bicyclic) bond motifs is 1. The molecule has 0 bridgehead atoms. The van der Waals surface area contributed by atoms with E-state index in [2.05, 4.69) is 39.4 Å². The Morgan fingerprint density at radius 2 is 1.93 bits per heavy atom. The van der Waals surface area contributed by atoms with Gasteiger partial charge in [-0.15, -0.1) is 13.2 Å². The van der Waals surface area contributed by atoms with E-state index in [1.807, 2.05) is 24.3 Å². The van der Waals surface area contributed by atoms with Gasteiger partial charge in [0.25, 0.3) is 0 Å². The second kappa shape index (κ2) is 7.61. The molecule has 0 saturated heterocycles. The van der Waals surface area contributed by atoms with Crippen LogP contribution >= 0.6 is 7.92 Å². The van der Waals surface area contributed by atoms with Gasteiger partial charge in [0, 0.05) is 28.5 Å². The summed E-state index contributed by atoms with van der Waals surface area (Å²) < 4.78 is 40.5. The minimum Gasteiger partial charge on any atom is -0.413 e. The predicted octanol–water partition coefficient (Wildman–Crippen LogP) is 5.57. The van der Waals surface area contributed by atoms with Crippen molar-refractivity contribution in [2.24, 2.45) is 0 Å². The average Bonchev–Trinajstić information content (AvgIpc) is 3.05. The van der Waals surface area contributed by atoms with Crippen molar-refractivity contribution in [1.29, 1.82) is 0 Å². The monoisotopic (exact) mass is 393 g/mol. The van der Waals surface area contributed by atoms with Crippen LogP contribution in [0.15, 0.2) is 48.9 Å². The van der Waals surface area contributed by atoms with Crippen molar-refractivity contribution < 1.29 is 17.9 Å². The molecule has 8 heteroatoms. The van der Waals surface area contributed by atoms with Crippen LogP contribution in [0.25, 0.3) is 16.6 Å². The summed E-state index contributed by atoms with van der Waals surface area (Å²) >= 11 is 0. The van der Waals surface area contributed by atoms with Gasteiger partial charge in [-0.3, -0.25) is 0 Å². The van der Waals surface area contributed by atoms with Crippen LogP contribution in [0.5, 0.6) is 0 Å². The van der Waals surface area contributed by atoms with E-state index in [9.17, 15) is 13.2 Å². The number of ether oxygens (including phenoxy) is 1. The van der Waals surface area contributed by atoms with Gasteiger partial charge in [0.2, 0.25) is 0 Å². The van der Waals surface area contributed by atoms with E-state index in [0.717, 1.165) is 16.8 Å². The standard InChI is InChI=1S/C19H19F3N3OP/c1-12(11-26-19(20,21)22)16-10-13-14(8-9-23-18(13)25-16)24-15-6-4-5-7-17(15)27(2)3/h4-11H,1-3H3,(H2,23,24,25)/b12-11-. The summed E-state index contributed by atoms with van der Waals surface area (Å²) in [7, 11) is -0.295. The molecule has 0 aliphatic heterocycles. The van der Waals surface area contributed by atoms with Gasteiger partial charge >= 0.3 is 6.36 Å². The molecule has 0 spiro atoms. The number of pyridine rings is 1. The third-order valence-electron chi connectivity index (χ3n) is 3.98. The zero-order valence-electron chi connectivity index (χ0n) is 15.1. The number of hydrogen-bond donors (Lipinski definition) is 2. The second-order valence-electron chi connectivity index (χ2n) is 6.20. The molecule has 2 aromatic heterocycles. The van der Waals surface area contributed by atoms with Gasteiger partial charge in [-0.05, 0) is 43.8 Å². The van der Waals surface area contributed by atoms with Crippen molar-refractivity contribution in [2.45, 2.75) is 13.3 Å².